The third kappa shape index (κ3) is 5.99. The zero-order valence-electron chi connectivity index (χ0n) is 9.58. The summed E-state index contributed by atoms with van der Waals surface area (Å²) in [5, 5.41) is 2.86. The lowest BCUT2D eigenvalue weighted by Crippen LogP contribution is -2.41. The van der Waals surface area contributed by atoms with Crippen molar-refractivity contribution in [2.75, 3.05) is 18.6 Å². The minimum atomic E-state index is -0.339. The molecule has 15 heavy (non-hydrogen) atoms. The molecular formula is C10H20N2OS2. The average Bonchev–Trinajstić information content (AvgIpc) is 2.11. The lowest BCUT2D eigenvalue weighted by Gasteiger charge is -2.18. The molecule has 1 amide bonds. The highest BCUT2D eigenvalue weighted by Gasteiger charge is 2.24. The van der Waals surface area contributed by atoms with Gasteiger partial charge in [-0.25, -0.2) is 0 Å². The first-order chi connectivity index (χ1) is 7.00. The molecular weight excluding hydrogens is 228 g/mol. The van der Waals surface area contributed by atoms with Crippen molar-refractivity contribution < 1.29 is 4.79 Å². The third-order valence-electron chi connectivity index (χ3n) is 2.08. The molecule has 1 atom stereocenters. The van der Waals surface area contributed by atoms with E-state index in [0.29, 0.717) is 6.54 Å². The Morgan fingerprint density at radius 2 is 2.13 bits per heavy atom. The van der Waals surface area contributed by atoms with Gasteiger partial charge < -0.3 is 11.1 Å². The molecule has 0 fully saturated rings. The Labute approximate surface area is 102 Å². The predicted molar refractivity (Wildman–Crippen MR) is 71.1 cm³/mol. The molecule has 0 aromatic rings. The molecule has 0 heterocycles. The smallest absolute Gasteiger partial charge is 0.230 e. The highest BCUT2D eigenvalue weighted by molar-refractivity contribution is 7.98. The summed E-state index contributed by atoms with van der Waals surface area (Å²) in [4.78, 5) is 12.0. The minimum Gasteiger partial charge on any atom is -0.393 e. The summed E-state index contributed by atoms with van der Waals surface area (Å²) < 4.78 is 0. The van der Waals surface area contributed by atoms with Crippen molar-refractivity contribution in [1.29, 1.82) is 0 Å². The minimum absolute atomic E-state index is 0.0430. The summed E-state index contributed by atoms with van der Waals surface area (Å²) in [5.74, 6) is 0.829. The van der Waals surface area contributed by atoms with Crippen LogP contribution in [0.3, 0.4) is 0 Å². The number of hydrogen-bond donors (Lipinski definition) is 2. The number of carbonyl (C=O) groups excluding carboxylic acids is 1. The van der Waals surface area contributed by atoms with E-state index >= 15 is 0 Å². The van der Waals surface area contributed by atoms with Gasteiger partial charge in [0.25, 0.3) is 0 Å². The number of nitrogens with one attached hydrogen (secondary N) is 1. The van der Waals surface area contributed by atoms with Gasteiger partial charge in [-0.3, -0.25) is 4.79 Å². The molecule has 88 valence electrons. The van der Waals surface area contributed by atoms with E-state index in [4.69, 9.17) is 18.0 Å². The lowest BCUT2D eigenvalue weighted by molar-refractivity contribution is -0.123. The molecule has 0 aromatic heterocycles. The van der Waals surface area contributed by atoms with Crippen molar-refractivity contribution in [3.63, 3.8) is 0 Å². The fraction of sp³-hybridized carbons (Fsp3) is 0.800. The van der Waals surface area contributed by atoms with Gasteiger partial charge in [-0.05, 0) is 24.3 Å². The molecule has 0 radical (unpaired) electrons. The van der Waals surface area contributed by atoms with Gasteiger partial charge in [-0.2, -0.15) is 11.8 Å². The number of nitrogens with two attached hydrogens (primary N) is 1. The molecule has 0 bridgehead atoms. The SMILES string of the molecule is CSCCCNC(=O)C(C(N)=S)C(C)C. The quantitative estimate of drug-likeness (QED) is 0.528. The van der Waals surface area contributed by atoms with Crippen LogP contribution in [0.4, 0.5) is 0 Å². The molecule has 0 saturated heterocycles. The van der Waals surface area contributed by atoms with Crippen molar-refractivity contribution >= 4 is 34.9 Å². The lowest BCUT2D eigenvalue weighted by atomic mass is 9.95. The van der Waals surface area contributed by atoms with Gasteiger partial charge in [-0.15, -0.1) is 0 Å². The maximum Gasteiger partial charge on any atom is 0.230 e. The molecule has 0 aliphatic rings. The van der Waals surface area contributed by atoms with E-state index < -0.39 is 0 Å². The molecule has 1 unspecified atom stereocenters. The zero-order valence-corrected chi connectivity index (χ0v) is 11.2. The van der Waals surface area contributed by atoms with Crippen LogP contribution in [0.1, 0.15) is 20.3 Å². The molecule has 5 heteroatoms. The van der Waals surface area contributed by atoms with Crippen molar-refractivity contribution in [1.82, 2.24) is 5.32 Å². The van der Waals surface area contributed by atoms with Crippen molar-refractivity contribution in [3.05, 3.63) is 0 Å². The first-order valence-corrected chi connectivity index (χ1v) is 6.86. The van der Waals surface area contributed by atoms with E-state index in [0.717, 1.165) is 12.2 Å². The maximum absolute atomic E-state index is 11.7. The van der Waals surface area contributed by atoms with Crippen LogP contribution in [0.2, 0.25) is 0 Å². The van der Waals surface area contributed by atoms with E-state index in [1.807, 2.05) is 20.1 Å². The predicted octanol–water partition coefficient (Wildman–Crippen LogP) is 1.41. The van der Waals surface area contributed by atoms with Crippen LogP contribution < -0.4 is 11.1 Å². The second-order valence-electron chi connectivity index (χ2n) is 3.76. The normalized spacial score (nSPS) is 12.5. The van der Waals surface area contributed by atoms with Gasteiger partial charge in [0.05, 0.1) is 10.9 Å². The number of carbonyl (C=O) groups is 1. The average molecular weight is 248 g/mol. The molecule has 3 N–H and O–H groups in total. The van der Waals surface area contributed by atoms with Crippen LogP contribution in [0, 0.1) is 11.8 Å². The Hall–Kier alpha value is -0.290. The van der Waals surface area contributed by atoms with Crippen LogP contribution in [-0.2, 0) is 4.79 Å². The number of hydrogen-bond acceptors (Lipinski definition) is 3. The van der Waals surface area contributed by atoms with Gasteiger partial charge >= 0.3 is 0 Å². The molecule has 0 aliphatic carbocycles. The Kier molecular flexibility index (Phi) is 7.78. The van der Waals surface area contributed by atoms with Gasteiger partial charge in [0.2, 0.25) is 5.91 Å². The molecule has 0 saturated carbocycles. The summed E-state index contributed by atoms with van der Waals surface area (Å²) in [6.07, 6.45) is 3.03. The molecule has 0 rings (SSSR count). The number of thioether (sulfide) groups is 1. The zero-order chi connectivity index (χ0) is 11.8. The van der Waals surface area contributed by atoms with Crippen molar-refractivity contribution in [2.45, 2.75) is 20.3 Å². The first kappa shape index (κ1) is 14.7. The fourth-order valence-electron chi connectivity index (χ4n) is 1.30. The largest absolute Gasteiger partial charge is 0.393 e. The summed E-state index contributed by atoms with van der Waals surface area (Å²) in [6, 6.07) is 0. The Morgan fingerprint density at radius 1 is 1.53 bits per heavy atom. The molecule has 0 spiro atoms. The standard InChI is InChI=1S/C10H20N2OS2/c1-7(2)8(9(11)14)10(13)12-5-4-6-15-3/h7-8H,4-6H2,1-3H3,(H2,11,14)(H,12,13). The van der Waals surface area contributed by atoms with Crippen LogP contribution in [0.5, 0.6) is 0 Å². The topological polar surface area (TPSA) is 55.1 Å². The van der Waals surface area contributed by atoms with Crippen LogP contribution in [-0.4, -0.2) is 29.4 Å². The van der Waals surface area contributed by atoms with Crippen molar-refractivity contribution in [2.24, 2.45) is 17.6 Å². The maximum atomic E-state index is 11.7. The number of thiocarbonyl (C=S) groups is 1. The van der Waals surface area contributed by atoms with Crippen molar-refractivity contribution in [3.8, 4) is 0 Å². The van der Waals surface area contributed by atoms with Crippen LogP contribution in [0.15, 0.2) is 0 Å². The van der Waals surface area contributed by atoms with E-state index in [-0.39, 0.29) is 22.7 Å². The third-order valence-corrected chi connectivity index (χ3v) is 3.03. The Bertz CT molecular complexity index is 219. The summed E-state index contributed by atoms with van der Waals surface area (Å²) in [6.45, 7) is 4.60. The summed E-state index contributed by atoms with van der Waals surface area (Å²) >= 11 is 6.66. The van der Waals surface area contributed by atoms with E-state index in [2.05, 4.69) is 5.32 Å². The number of rotatable bonds is 7. The number of amides is 1. The van der Waals surface area contributed by atoms with E-state index in [1.165, 1.54) is 0 Å². The Balaban J connectivity index is 3.99. The first-order valence-electron chi connectivity index (χ1n) is 5.06. The molecule has 3 nitrogen and oxygen atoms in total. The Morgan fingerprint density at radius 3 is 2.53 bits per heavy atom. The summed E-state index contributed by atoms with van der Waals surface area (Å²) in [5.41, 5.74) is 5.54. The van der Waals surface area contributed by atoms with Gasteiger partial charge in [0.15, 0.2) is 0 Å². The molecule has 0 aliphatic heterocycles. The second kappa shape index (κ2) is 7.93. The van der Waals surface area contributed by atoms with Gasteiger partial charge in [-0.1, -0.05) is 26.1 Å². The molecule has 0 aromatic carbocycles. The highest BCUT2D eigenvalue weighted by atomic mass is 32.2. The van der Waals surface area contributed by atoms with E-state index in [9.17, 15) is 4.79 Å². The van der Waals surface area contributed by atoms with Crippen LogP contribution in [0.25, 0.3) is 0 Å². The van der Waals surface area contributed by atoms with Gasteiger partial charge in [0, 0.05) is 6.54 Å². The van der Waals surface area contributed by atoms with Crippen LogP contribution >= 0.6 is 24.0 Å². The fourth-order valence-corrected chi connectivity index (χ4v) is 2.11. The highest BCUT2D eigenvalue weighted by Crippen LogP contribution is 2.11. The van der Waals surface area contributed by atoms with E-state index in [1.54, 1.807) is 11.8 Å². The van der Waals surface area contributed by atoms with Gasteiger partial charge in [0.1, 0.15) is 0 Å². The monoisotopic (exact) mass is 248 g/mol. The second-order valence-corrected chi connectivity index (χ2v) is 5.22. The summed E-state index contributed by atoms with van der Waals surface area (Å²) in [7, 11) is 0.